The summed E-state index contributed by atoms with van der Waals surface area (Å²) in [7, 11) is -5.95. The van der Waals surface area contributed by atoms with E-state index in [0.717, 1.165) is 0 Å². The van der Waals surface area contributed by atoms with Gasteiger partial charge in [0.2, 0.25) is 0 Å². The maximum absolute atomic E-state index is 13.8. The quantitative estimate of drug-likeness (QED) is 0.512. The van der Waals surface area contributed by atoms with Crippen LogP contribution in [-0.2, 0) is 10.0 Å². The molecule has 0 N–H and O–H groups in total. The molecule has 0 aliphatic carbocycles. The maximum Gasteiger partial charge on any atom is 0.427 e. The fraction of sp³-hybridized carbons (Fsp3) is 1.00. The first-order chi connectivity index (χ1) is 10.7. The first kappa shape index (κ1) is 23.4. The average molecular weight is 386 g/mol. The van der Waals surface area contributed by atoms with Gasteiger partial charge in [-0.25, -0.2) is 8.42 Å². The monoisotopic (exact) mass is 386 g/mol. The van der Waals surface area contributed by atoms with Gasteiger partial charge in [0.25, 0.3) is 10.0 Å². The lowest BCUT2D eigenvalue weighted by Crippen LogP contribution is -2.60. The van der Waals surface area contributed by atoms with Gasteiger partial charge in [0, 0.05) is 20.0 Å². The van der Waals surface area contributed by atoms with Crippen LogP contribution in [0.25, 0.3) is 0 Å². The summed E-state index contributed by atoms with van der Waals surface area (Å²) in [4.78, 5) is 1.88. The SMILES string of the molecule is CCN(CC)CCCN(CC)S(=O)(=O)C(F)(F)C(F)(F)C(C)(F)F. The summed E-state index contributed by atoms with van der Waals surface area (Å²) in [5.41, 5.74) is 0. The topological polar surface area (TPSA) is 40.6 Å². The van der Waals surface area contributed by atoms with Crippen molar-refractivity contribution < 1.29 is 34.8 Å². The van der Waals surface area contributed by atoms with Gasteiger partial charge in [-0.2, -0.15) is 30.6 Å². The van der Waals surface area contributed by atoms with Gasteiger partial charge in [0.15, 0.2) is 0 Å². The molecule has 0 unspecified atom stereocenters. The van der Waals surface area contributed by atoms with Crippen molar-refractivity contribution in [3.8, 4) is 0 Å². The molecule has 146 valence electrons. The molecule has 0 radical (unpaired) electrons. The Kier molecular flexibility index (Phi) is 8.03. The number of nitrogens with zero attached hydrogens (tertiary/aromatic N) is 2. The Bertz CT molecular complexity index is 489. The number of halogens is 6. The van der Waals surface area contributed by atoms with E-state index in [0.29, 0.717) is 19.6 Å². The molecule has 0 aliphatic rings. The van der Waals surface area contributed by atoms with E-state index in [-0.39, 0.29) is 10.7 Å². The zero-order valence-corrected chi connectivity index (χ0v) is 14.9. The van der Waals surface area contributed by atoms with Crippen molar-refractivity contribution in [3.05, 3.63) is 0 Å². The molecule has 0 saturated heterocycles. The molecule has 4 nitrogen and oxygen atoms in total. The zero-order valence-electron chi connectivity index (χ0n) is 14.1. The van der Waals surface area contributed by atoms with Crippen LogP contribution in [0, 0.1) is 0 Å². The highest BCUT2D eigenvalue weighted by molar-refractivity contribution is 7.90. The maximum atomic E-state index is 13.8. The molecule has 0 fully saturated rings. The largest absolute Gasteiger partial charge is 0.427 e. The van der Waals surface area contributed by atoms with Crippen LogP contribution in [0.15, 0.2) is 0 Å². The summed E-state index contributed by atoms with van der Waals surface area (Å²) < 4.78 is 104. The smallest absolute Gasteiger partial charge is 0.304 e. The minimum absolute atomic E-state index is 0.110. The summed E-state index contributed by atoms with van der Waals surface area (Å²) in [5.74, 6) is -11.2. The number of hydrogen-bond donors (Lipinski definition) is 0. The van der Waals surface area contributed by atoms with E-state index in [9.17, 15) is 34.8 Å². The molecule has 0 spiro atoms. The summed E-state index contributed by atoms with van der Waals surface area (Å²) in [6.45, 7) is 5.09. The first-order valence-electron chi connectivity index (χ1n) is 7.56. The molecule has 11 heteroatoms. The van der Waals surface area contributed by atoms with Crippen molar-refractivity contribution >= 4 is 10.0 Å². The predicted molar refractivity (Wildman–Crippen MR) is 79.1 cm³/mol. The minimum Gasteiger partial charge on any atom is -0.304 e. The van der Waals surface area contributed by atoms with E-state index in [1.54, 1.807) is 0 Å². The molecule has 0 rings (SSSR count). The van der Waals surface area contributed by atoms with Gasteiger partial charge in [0.1, 0.15) is 0 Å². The summed E-state index contributed by atoms with van der Waals surface area (Å²) >= 11 is 0. The van der Waals surface area contributed by atoms with Gasteiger partial charge in [-0.3, -0.25) is 0 Å². The fourth-order valence-corrected chi connectivity index (χ4v) is 3.58. The van der Waals surface area contributed by atoms with Crippen LogP contribution in [0.3, 0.4) is 0 Å². The Morgan fingerprint density at radius 1 is 0.833 bits per heavy atom. The van der Waals surface area contributed by atoms with Gasteiger partial charge in [-0.05, 0) is 26.1 Å². The molecule has 0 aliphatic heterocycles. The van der Waals surface area contributed by atoms with Crippen LogP contribution in [0.1, 0.15) is 34.1 Å². The van der Waals surface area contributed by atoms with Crippen LogP contribution >= 0.6 is 0 Å². The van der Waals surface area contributed by atoms with E-state index in [1.807, 2.05) is 18.7 Å². The number of rotatable bonds is 11. The highest BCUT2D eigenvalue weighted by Crippen LogP contribution is 2.49. The summed E-state index contributed by atoms with van der Waals surface area (Å²) in [5, 5.41) is -5.91. The van der Waals surface area contributed by atoms with Gasteiger partial charge in [-0.1, -0.05) is 20.8 Å². The highest BCUT2D eigenvalue weighted by atomic mass is 32.2. The minimum atomic E-state index is -6.02. The van der Waals surface area contributed by atoms with E-state index >= 15 is 0 Å². The second-order valence-electron chi connectivity index (χ2n) is 5.36. The van der Waals surface area contributed by atoms with Gasteiger partial charge >= 0.3 is 17.1 Å². The van der Waals surface area contributed by atoms with Crippen molar-refractivity contribution in [2.45, 2.75) is 51.2 Å². The van der Waals surface area contributed by atoms with Crippen LogP contribution in [0.5, 0.6) is 0 Å². The molecule has 0 amide bonds. The Morgan fingerprint density at radius 3 is 1.62 bits per heavy atom. The lowest BCUT2D eigenvalue weighted by molar-refractivity contribution is -0.272. The first-order valence-corrected chi connectivity index (χ1v) is 9.00. The number of hydrogen-bond acceptors (Lipinski definition) is 3. The third-order valence-electron chi connectivity index (χ3n) is 3.71. The van der Waals surface area contributed by atoms with Crippen molar-refractivity contribution in [2.24, 2.45) is 0 Å². The van der Waals surface area contributed by atoms with Crippen LogP contribution < -0.4 is 0 Å². The summed E-state index contributed by atoms with van der Waals surface area (Å²) in [6, 6.07) is 0. The zero-order chi connectivity index (χ0) is 19.4. The van der Waals surface area contributed by atoms with E-state index in [1.165, 1.54) is 6.92 Å². The lowest BCUT2D eigenvalue weighted by Gasteiger charge is -2.33. The molecule has 0 aromatic rings. The Morgan fingerprint density at radius 2 is 1.29 bits per heavy atom. The molecule has 0 atom stereocenters. The van der Waals surface area contributed by atoms with Crippen LogP contribution in [0.2, 0.25) is 0 Å². The van der Waals surface area contributed by atoms with Crippen molar-refractivity contribution in [3.63, 3.8) is 0 Å². The summed E-state index contributed by atoms with van der Waals surface area (Å²) in [6.07, 6.45) is 0.110. The highest BCUT2D eigenvalue weighted by Gasteiger charge is 2.76. The standard InChI is InChI=1S/C13H24F6N2O2S/c1-5-20(6-2)9-8-10-21(7-3)24(22,23)13(18,19)12(16,17)11(4,14)15/h5-10H2,1-4H3. The molecule has 24 heavy (non-hydrogen) atoms. The van der Waals surface area contributed by atoms with Crippen LogP contribution in [0.4, 0.5) is 26.3 Å². The lowest BCUT2D eigenvalue weighted by atomic mass is 10.2. The van der Waals surface area contributed by atoms with Crippen molar-refractivity contribution in [2.75, 3.05) is 32.7 Å². The molecular weight excluding hydrogens is 362 g/mol. The molecule has 0 aromatic heterocycles. The van der Waals surface area contributed by atoms with Gasteiger partial charge in [-0.15, -0.1) is 0 Å². The normalized spacial score (nSPS) is 14.7. The van der Waals surface area contributed by atoms with Crippen LogP contribution in [-0.4, -0.2) is 67.4 Å². The van der Waals surface area contributed by atoms with E-state index in [4.69, 9.17) is 0 Å². The number of alkyl halides is 6. The second-order valence-corrected chi connectivity index (χ2v) is 7.34. The molecular formula is C13H24F6N2O2S. The predicted octanol–water partition coefficient (Wildman–Crippen LogP) is 3.25. The van der Waals surface area contributed by atoms with Crippen molar-refractivity contribution in [1.82, 2.24) is 9.21 Å². The van der Waals surface area contributed by atoms with E-state index < -0.39 is 47.1 Å². The van der Waals surface area contributed by atoms with Crippen molar-refractivity contribution in [1.29, 1.82) is 0 Å². The average Bonchev–Trinajstić information content (AvgIpc) is 2.45. The molecule has 0 saturated carbocycles. The Labute approximate surface area is 138 Å². The molecule has 0 heterocycles. The third-order valence-corrected chi connectivity index (χ3v) is 5.73. The molecule has 0 aromatic carbocycles. The van der Waals surface area contributed by atoms with Gasteiger partial charge < -0.3 is 4.90 Å². The van der Waals surface area contributed by atoms with Gasteiger partial charge in [0.05, 0.1) is 0 Å². The number of sulfonamides is 1. The third kappa shape index (κ3) is 4.54. The Balaban J connectivity index is 5.37. The fourth-order valence-electron chi connectivity index (χ4n) is 2.04. The second kappa shape index (κ2) is 8.22. The van der Waals surface area contributed by atoms with E-state index in [2.05, 4.69) is 0 Å². The molecule has 0 bridgehead atoms. The Hall–Kier alpha value is -0.550.